The molecule has 1 aromatic heterocycles. The summed E-state index contributed by atoms with van der Waals surface area (Å²) in [6, 6.07) is 3.67. The predicted molar refractivity (Wildman–Crippen MR) is 61.2 cm³/mol. The number of aromatic amines is 1. The second-order valence-corrected chi connectivity index (χ2v) is 4.68. The van der Waals surface area contributed by atoms with Crippen LogP contribution in [-0.4, -0.2) is 10.1 Å². The summed E-state index contributed by atoms with van der Waals surface area (Å²) in [7, 11) is 0. The predicted octanol–water partition coefficient (Wildman–Crippen LogP) is 3.56. The van der Waals surface area contributed by atoms with Crippen LogP contribution < -0.4 is 0 Å². The van der Waals surface area contributed by atoms with Gasteiger partial charge in [-0.2, -0.15) is 13.2 Å². The van der Waals surface area contributed by atoms with E-state index >= 15 is 0 Å². The second kappa shape index (κ2) is 3.75. The van der Waals surface area contributed by atoms with E-state index in [2.05, 4.69) is 4.98 Å². The van der Waals surface area contributed by atoms with Crippen LogP contribution in [0.3, 0.4) is 0 Å². The summed E-state index contributed by atoms with van der Waals surface area (Å²) < 4.78 is 38.0. The van der Waals surface area contributed by atoms with Gasteiger partial charge < -0.3 is 10.1 Å². The Kier molecular flexibility index (Phi) is 2.41. The van der Waals surface area contributed by atoms with Crippen LogP contribution in [-0.2, 0) is 12.6 Å². The molecule has 1 aromatic carbocycles. The van der Waals surface area contributed by atoms with Crippen LogP contribution in [0.5, 0.6) is 0 Å². The van der Waals surface area contributed by atoms with Crippen molar-refractivity contribution in [3.05, 3.63) is 35.0 Å². The molecule has 0 saturated heterocycles. The van der Waals surface area contributed by atoms with Crippen molar-refractivity contribution in [3.63, 3.8) is 0 Å². The van der Waals surface area contributed by atoms with Crippen LogP contribution in [0.1, 0.15) is 35.8 Å². The van der Waals surface area contributed by atoms with Gasteiger partial charge in [-0.25, -0.2) is 0 Å². The van der Waals surface area contributed by atoms with Crippen molar-refractivity contribution in [1.29, 1.82) is 0 Å². The Balaban J connectivity index is 2.22. The van der Waals surface area contributed by atoms with Crippen LogP contribution in [0, 0.1) is 0 Å². The Hall–Kier alpha value is -1.49. The largest absolute Gasteiger partial charge is 0.416 e. The molecule has 5 heteroatoms. The van der Waals surface area contributed by atoms with Gasteiger partial charge in [0.05, 0.1) is 11.7 Å². The minimum Gasteiger partial charge on any atom is -0.387 e. The lowest BCUT2D eigenvalue weighted by Crippen LogP contribution is -2.08. The molecule has 2 N–H and O–H groups in total. The van der Waals surface area contributed by atoms with E-state index in [1.54, 1.807) is 0 Å². The molecule has 0 bridgehead atoms. The summed E-state index contributed by atoms with van der Waals surface area (Å²) in [6.45, 7) is 0. The van der Waals surface area contributed by atoms with Crippen molar-refractivity contribution in [1.82, 2.24) is 4.98 Å². The molecule has 1 heterocycles. The molecule has 0 unspecified atom stereocenters. The van der Waals surface area contributed by atoms with Gasteiger partial charge >= 0.3 is 6.18 Å². The second-order valence-electron chi connectivity index (χ2n) is 4.68. The highest BCUT2D eigenvalue weighted by Crippen LogP contribution is 2.37. The first kappa shape index (κ1) is 11.6. The SMILES string of the molecule is O[C@H]1CCCc2c1[nH]c1ccc(C(F)(F)F)cc21. The molecule has 0 fully saturated rings. The fourth-order valence-electron chi connectivity index (χ4n) is 2.62. The van der Waals surface area contributed by atoms with Gasteiger partial charge in [0, 0.05) is 16.6 Å². The fraction of sp³-hybridized carbons (Fsp3) is 0.385. The number of benzene rings is 1. The molecule has 96 valence electrons. The Morgan fingerprint density at radius 3 is 2.78 bits per heavy atom. The number of hydrogen-bond donors (Lipinski definition) is 2. The number of hydrogen-bond acceptors (Lipinski definition) is 1. The minimum absolute atomic E-state index is 0.582. The van der Waals surface area contributed by atoms with Gasteiger partial charge in [0.2, 0.25) is 0 Å². The van der Waals surface area contributed by atoms with Crippen LogP contribution >= 0.6 is 0 Å². The Bertz CT molecular complexity index is 600. The third-order valence-electron chi connectivity index (χ3n) is 3.50. The first-order chi connectivity index (χ1) is 8.47. The summed E-state index contributed by atoms with van der Waals surface area (Å²) in [4.78, 5) is 3.03. The molecular weight excluding hydrogens is 243 g/mol. The number of aliphatic hydroxyl groups is 1. The van der Waals surface area contributed by atoms with Crippen molar-refractivity contribution in [2.75, 3.05) is 0 Å². The summed E-state index contributed by atoms with van der Waals surface area (Å²) in [5, 5.41) is 10.4. The number of halogens is 3. The number of aromatic nitrogens is 1. The average molecular weight is 255 g/mol. The van der Waals surface area contributed by atoms with Crippen molar-refractivity contribution in [3.8, 4) is 0 Å². The third kappa shape index (κ3) is 1.70. The van der Waals surface area contributed by atoms with E-state index in [9.17, 15) is 18.3 Å². The van der Waals surface area contributed by atoms with E-state index in [4.69, 9.17) is 0 Å². The maximum atomic E-state index is 12.7. The highest BCUT2D eigenvalue weighted by molar-refractivity contribution is 5.85. The Labute approximate surface area is 101 Å². The molecule has 2 nitrogen and oxygen atoms in total. The number of nitrogens with one attached hydrogen (secondary N) is 1. The van der Waals surface area contributed by atoms with E-state index in [1.807, 2.05) is 0 Å². The summed E-state index contributed by atoms with van der Waals surface area (Å²) in [6.07, 6.45) is -2.74. The lowest BCUT2D eigenvalue weighted by atomic mass is 9.93. The molecule has 0 saturated carbocycles. The molecule has 0 aliphatic heterocycles. The van der Waals surface area contributed by atoms with E-state index in [0.29, 0.717) is 29.4 Å². The van der Waals surface area contributed by atoms with Crippen molar-refractivity contribution < 1.29 is 18.3 Å². The lowest BCUT2D eigenvalue weighted by Gasteiger charge is -2.17. The molecule has 18 heavy (non-hydrogen) atoms. The number of rotatable bonds is 0. The summed E-state index contributed by atoms with van der Waals surface area (Å²) in [5.74, 6) is 0. The summed E-state index contributed by atoms with van der Waals surface area (Å²) in [5.41, 5.74) is 1.52. The monoisotopic (exact) mass is 255 g/mol. The number of alkyl halides is 3. The highest BCUT2D eigenvalue weighted by atomic mass is 19.4. The number of aliphatic hydroxyl groups excluding tert-OH is 1. The zero-order valence-corrected chi connectivity index (χ0v) is 9.51. The Morgan fingerprint density at radius 2 is 2.06 bits per heavy atom. The van der Waals surface area contributed by atoms with Gasteiger partial charge in [-0.1, -0.05) is 0 Å². The van der Waals surface area contributed by atoms with Crippen LogP contribution in [0.2, 0.25) is 0 Å². The van der Waals surface area contributed by atoms with Gasteiger partial charge in [-0.15, -0.1) is 0 Å². The molecule has 0 radical (unpaired) electrons. The zero-order valence-electron chi connectivity index (χ0n) is 9.51. The van der Waals surface area contributed by atoms with E-state index < -0.39 is 17.8 Å². The molecule has 2 aromatic rings. The molecule has 1 atom stereocenters. The van der Waals surface area contributed by atoms with Gasteiger partial charge in [0.15, 0.2) is 0 Å². The third-order valence-corrected chi connectivity index (χ3v) is 3.50. The van der Waals surface area contributed by atoms with Gasteiger partial charge in [-0.05, 0) is 43.0 Å². The van der Waals surface area contributed by atoms with Gasteiger partial charge in [0.25, 0.3) is 0 Å². The first-order valence-corrected chi connectivity index (χ1v) is 5.86. The lowest BCUT2D eigenvalue weighted by molar-refractivity contribution is -0.137. The maximum absolute atomic E-state index is 12.7. The van der Waals surface area contributed by atoms with Crippen molar-refractivity contribution in [2.24, 2.45) is 0 Å². The fourth-order valence-corrected chi connectivity index (χ4v) is 2.62. The molecule has 1 aliphatic rings. The molecule has 0 amide bonds. The van der Waals surface area contributed by atoms with E-state index in [1.165, 1.54) is 12.1 Å². The Morgan fingerprint density at radius 1 is 1.28 bits per heavy atom. The zero-order chi connectivity index (χ0) is 12.9. The van der Waals surface area contributed by atoms with Crippen LogP contribution in [0.4, 0.5) is 13.2 Å². The van der Waals surface area contributed by atoms with E-state index in [-0.39, 0.29) is 0 Å². The molecular formula is C13H12F3NO. The topological polar surface area (TPSA) is 36.0 Å². The summed E-state index contributed by atoms with van der Waals surface area (Å²) >= 11 is 0. The highest BCUT2D eigenvalue weighted by Gasteiger charge is 2.31. The number of aryl methyl sites for hydroxylation is 1. The van der Waals surface area contributed by atoms with Crippen LogP contribution in [0.25, 0.3) is 10.9 Å². The minimum atomic E-state index is -4.33. The normalized spacial score (nSPS) is 20.1. The number of fused-ring (bicyclic) bond motifs is 3. The van der Waals surface area contributed by atoms with Crippen LogP contribution in [0.15, 0.2) is 18.2 Å². The number of H-pyrrole nitrogens is 1. The maximum Gasteiger partial charge on any atom is 0.416 e. The van der Waals surface area contributed by atoms with Crippen molar-refractivity contribution in [2.45, 2.75) is 31.5 Å². The molecule has 3 rings (SSSR count). The smallest absolute Gasteiger partial charge is 0.387 e. The van der Waals surface area contributed by atoms with E-state index in [0.717, 1.165) is 18.1 Å². The quantitative estimate of drug-likeness (QED) is 0.742. The first-order valence-electron chi connectivity index (χ1n) is 5.86. The molecule has 1 aliphatic carbocycles. The van der Waals surface area contributed by atoms with Gasteiger partial charge in [-0.3, -0.25) is 0 Å². The standard InChI is InChI=1S/C13H12F3NO/c14-13(15,16)7-4-5-10-9(6-7)8-2-1-3-11(18)12(8)17-10/h4-6,11,17-18H,1-3H2/t11-/m0/s1. The average Bonchev–Trinajstić information content (AvgIpc) is 2.67. The van der Waals surface area contributed by atoms with Crippen molar-refractivity contribution >= 4 is 10.9 Å². The molecule has 0 spiro atoms. The van der Waals surface area contributed by atoms with Gasteiger partial charge in [0.1, 0.15) is 0 Å².